The van der Waals surface area contributed by atoms with Gasteiger partial charge in [0.1, 0.15) is 5.60 Å². The molecule has 0 saturated carbocycles. The van der Waals surface area contributed by atoms with Crippen molar-refractivity contribution < 1.29 is 9.53 Å². The molecule has 2 rings (SSSR count). The lowest BCUT2D eigenvalue weighted by molar-refractivity contribution is 0.0137. The van der Waals surface area contributed by atoms with E-state index < -0.39 is 5.60 Å². The molecule has 0 fully saturated rings. The SMILES string of the molecule is C[C@@H]1Cc2[nH][nH]c(=O)c2CN1C(=O)OC(C)(C)C. The zero-order chi connectivity index (χ0) is 13.5. The second-order valence-corrected chi connectivity index (χ2v) is 5.70. The van der Waals surface area contributed by atoms with Crippen molar-refractivity contribution in [3.63, 3.8) is 0 Å². The summed E-state index contributed by atoms with van der Waals surface area (Å²) in [7, 11) is 0. The Kier molecular flexibility index (Phi) is 2.96. The van der Waals surface area contributed by atoms with Crippen molar-refractivity contribution in [1.29, 1.82) is 0 Å². The first-order chi connectivity index (χ1) is 8.28. The van der Waals surface area contributed by atoms with Crippen molar-refractivity contribution in [2.24, 2.45) is 0 Å². The number of amides is 1. The first kappa shape index (κ1) is 12.7. The summed E-state index contributed by atoms with van der Waals surface area (Å²) in [4.78, 5) is 25.2. The van der Waals surface area contributed by atoms with Gasteiger partial charge in [0, 0.05) is 18.2 Å². The maximum absolute atomic E-state index is 12.0. The molecule has 2 heterocycles. The molecule has 1 amide bonds. The first-order valence-electron chi connectivity index (χ1n) is 6.06. The molecule has 0 aliphatic carbocycles. The highest BCUT2D eigenvalue weighted by Gasteiger charge is 2.32. The van der Waals surface area contributed by atoms with Crippen LogP contribution in [0.25, 0.3) is 0 Å². The van der Waals surface area contributed by atoms with Crippen LogP contribution in [0.15, 0.2) is 4.79 Å². The maximum Gasteiger partial charge on any atom is 0.410 e. The predicted octanol–water partition coefficient (Wildman–Crippen LogP) is 1.38. The predicted molar refractivity (Wildman–Crippen MR) is 66.4 cm³/mol. The van der Waals surface area contributed by atoms with Crippen molar-refractivity contribution in [2.45, 2.75) is 52.3 Å². The number of hydrogen-bond donors (Lipinski definition) is 2. The van der Waals surface area contributed by atoms with Crippen molar-refractivity contribution in [3.8, 4) is 0 Å². The van der Waals surface area contributed by atoms with Crippen LogP contribution in [0.4, 0.5) is 4.79 Å². The topological polar surface area (TPSA) is 78.2 Å². The number of nitrogens with zero attached hydrogens (tertiary/aromatic N) is 1. The van der Waals surface area contributed by atoms with E-state index in [1.807, 2.05) is 27.7 Å². The smallest absolute Gasteiger partial charge is 0.410 e. The summed E-state index contributed by atoms with van der Waals surface area (Å²) in [5.41, 5.74) is 0.818. The lowest BCUT2D eigenvalue weighted by atomic mass is 10.0. The van der Waals surface area contributed by atoms with Gasteiger partial charge in [-0.25, -0.2) is 4.79 Å². The molecule has 100 valence electrons. The number of H-pyrrole nitrogens is 2. The van der Waals surface area contributed by atoms with Crippen LogP contribution in [0.5, 0.6) is 0 Å². The summed E-state index contributed by atoms with van der Waals surface area (Å²) in [6.45, 7) is 7.72. The molecule has 1 aromatic rings. The normalized spacial score (nSPS) is 19.6. The molecule has 0 spiro atoms. The minimum absolute atomic E-state index is 0.0128. The molecular weight excluding hydrogens is 234 g/mol. The lowest BCUT2D eigenvalue weighted by Crippen LogP contribution is -2.45. The number of carbonyl (C=O) groups excluding carboxylic acids is 1. The van der Waals surface area contributed by atoms with Gasteiger partial charge in [0.25, 0.3) is 5.56 Å². The van der Waals surface area contributed by atoms with Gasteiger partial charge in [-0.2, -0.15) is 0 Å². The number of rotatable bonds is 0. The van der Waals surface area contributed by atoms with Gasteiger partial charge in [0.2, 0.25) is 0 Å². The summed E-state index contributed by atoms with van der Waals surface area (Å²) < 4.78 is 5.34. The number of fused-ring (bicyclic) bond motifs is 1. The van der Waals surface area contributed by atoms with Crippen LogP contribution >= 0.6 is 0 Å². The van der Waals surface area contributed by atoms with Gasteiger partial charge >= 0.3 is 6.09 Å². The number of ether oxygens (including phenoxy) is 1. The molecular formula is C12H19N3O3. The molecule has 0 bridgehead atoms. The van der Waals surface area contributed by atoms with Gasteiger partial charge in [-0.15, -0.1) is 0 Å². The Hall–Kier alpha value is -1.72. The average Bonchev–Trinajstić information content (AvgIpc) is 2.56. The monoisotopic (exact) mass is 253 g/mol. The Balaban J connectivity index is 2.19. The Bertz CT molecular complexity index is 509. The van der Waals surface area contributed by atoms with Crippen LogP contribution in [-0.4, -0.2) is 32.8 Å². The molecule has 1 aliphatic heterocycles. The number of hydrogen-bond acceptors (Lipinski definition) is 3. The number of aromatic amines is 2. The summed E-state index contributed by atoms with van der Waals surface area (Å²) in [6.07, 6.45) is 0.258. The van der Waals surface area contributed by atoms with Crippen LogP contribution < -0.4 is 5.56 Å². The van der Waals surface area contributed by atoms with E-state index in [4.69, 9.17) is 4.74 Å². The zero-order valence-electron chi connectivity index (χ0n) is 11.2. The van der Waals surface area contributed by atoms with Crippen molar-refractivity contribution in [2.75, 3.05) is 0 Å². The third-order valence-electron chi connectivity index (χ3n) is 2.95. The third-order valence-corrected chi connectivity index (χ3v) is 2.95. The highest BCUT2D eigenvalue weighted by molar-refractivity contribution is 5.69. The van der Waals surface area contributed by atoms with E-state index in [2.05, 4.69) is 10.2 Å². The molecule has 1 aliphatic rings. The fourth-order valence-electron chi connectivity index (χ4n) is 2.06. The van der Waals surface area contributed by atoms with Gasteiger partial charge in [-0.3, -0.25) is 9.89 Å². The van der Waals surface area contributed by atoms with Gasteiger partial charge in [-0.1, -0.05) is 0 Å². The zero-order valence-corrected chi connectivity index (χ0v) is 11.2. The van der Waals surface area contributed by atoms with Crippen LogP contribution in [0.3, 0.4) is 0 Å². The third kappa shape index (κ3) is 2.42. The number of carbonyl (C=O) groups is 1. The molecule has 2 N–H and O–H groups in total. The minimum Gasteiger partial charge on any atom is -0.444 e. The van der Waals surface area contributed by atoms with Crippen molar-refractivity contribution >= 4 is 6.09 Å². The van der Waals surface area contributed by atoms with Crippen molar-refractivity contribution in [3.05, 3.63) is 21.6 Å². The molecule has 0 saturated heterocycles. The summed E-state index contributed by atoms with van der Waals surface area (Å²) in [6, 6.07) is 0.0128. The largest absolute Gasteiger partial charge is 0.444 e. The van der Waals surface area contributed by atoms with Crippen LogP contribution in [-0.2, 0) is 17.7 Å². The second kappa shape index (κ2) is 4.19. The van der Waals surface area contributed by atoms with Crippen LogP contribution in [0.2, 0.25) is 0 Å². The molecule has 6 heteroatoms. The summed E-state index contributed by atoms with van der Waals surface area (Å²) in [5, 5.41) is 5.40. The van der Waals surface area contributed by atoms with E-state index in [0.717, 1.165) is 5.69 Å². The first-order valence-corrected chi connectivity index (χ1v) is 6.06. The molecule has 0 radical (unpaired) electrons. The Morgan fingerprint density at radius 2 is 2.06 bits per heavy atom. The van der Waals surface area contributed by atoms with E-state index in [1.54, 1.807) is 4.90 Å². The van der Waals surface area contributed by atoms with Gasteiger partial charge in [0.05, 0.1) is 12.1 Å². The Labute approximate surface area is 105 Å². The fraction of sp³-hybridized carbons (Fsp3) is 0.667. The van der Waals surface area contributed by atoms with Crippen LogP contribution in [0.1, 0.15) is 39.0 Å². The van der Waals surface area contributed by atoms with E-state index in [-0.39, 0.29) is 17.7 Å². The lowest BCUT2D eigenvalue weighted by Gasteiger charge is -2.34. The van der Waals surface area contributed by atoms with Crippen LogP contribution in [0, 0.1) is 0 Å². The van der Waals surface area contributed by atoms with Gasteiger partial charge in [-0.05, 0) is 27.7 Å². The Morgan fingerprint density at radius 3 is 2.67 bits per heavy atom. The van der Waals surface area contributed by atoms with E-state index >= 15 is 0 Å². The Morgan fingerprint density at radius 1 is 1.39 bits per heavy atom. The molecule has 18 heavy (non-hydrogen) atoms. The fourth-order valence-corrected chi connectivity index (χ4v) is 2.06. The van der Waals surface area contributed by atoms with Gasteiger partial charge in [0.15, 0.2) is 0 Å². The highest BCUT2D eigenvalue weighted by Crippen LogP contribution is 2.21. The average molecular weight is 253 g/mol. The van der Waals surface area contributed by atoms with E-state index in [1.165, 1.54) is 0 Å². The number of nitrogens with one attached hydrogen (secondary N) is 2. The second-order valence-electron chi connectivity index (χ2n) is 5.70. The number of aromatic nitrogens is 2. The summed E-state index contributed by atoms with van der Waals surface area (Å²) in [5.74, 6) is 0. The molecule has 0 unspecified atom stereocenters. The molecule has 0 aromatic carbocycles. The van der Waals surface area contributed by atoms with Gasteiger partial charge < -0.3 is 14.7 Å². The minimum atomic E-state index is -0.526. The standard InChI is InChI=1S/C12H19N3O3/c1-7-5-9-8(10(16)14-13-9)6-15(7)11(17)18-12(2,3)4/h7H,5-6H2,1-4H3,(H2,13,14,16)/t7-/m1/s1. The molecule has 6 nitrogen and oxygen atoms in total. The molecule has 1 aromatic heterocycles. The van der Waals surface area contributed by atoms with E-state index in [9.17, 15) is 9.59 Å². The van der Waals surface area contributed by atoms with Crippen molar-refractivity contribution in [1.82, 2.24) is 15.1 Å². The van der Waals surface area contributed by atoms with E-state index in [0.29, 0.717) is 18.5 Å². The quantitative estimate of drug-likeness (QED) is 0.733. The highest BCUT2D eigenvalue weighted by atomic mass is 16.6. The molecule has 1 atom stereocenters. The maximum atomic E-state index is 12.0. The summed E-state index contributed by atoms with van der Waals surface area (Å²) >= 11 is 0.